The van der Waals surface area contributed by atoms with Crippen molar-refractivity contribution in [3.05, 3.63) is 58.1 Å². The SMILES string of the molecule is CCc1c(-c2ccc3[nH]c(=O)oc3c2)[nH]c2ccc(C3CCNCC3)cc12. The minimum absolute atomic E-state index is 0.416. The molecule has 1 aliphatic rings. The Morgan fingerprint density at radius 3 is 2.67 bits per heavy atom. The van der Waals surface area contributed by atoms with E-state index in [0.717, 1.165) is 41.8 Å². The Morgan fingerprint density at radius 1 is 1.04 bits per heavy atom. The standard InChI is InChI=1S/C22H23N3O2/c1-2-16-17-11-14(13-7-9-23-10-8-13)3-5-18(17)24-21(16)15-4-6-19-20(12-15)27-22(26)25-19/h3-6,11-13,23-24H,2,7-10H2,1H3,(H,25,26). The molecule has 4 aromatic rings. The highest BCUT2D eigenvalue weighted by atomic mass is 16.4. The van der Waals surface area contributed by atoms with Crippen LogP contribution in [-0.2, 0) is 6.42 Å². The molecule has 0 saturated carbocycles. The first-order chi connectivity index (χ1) is 13.2. The zero-order valence-electron chi connectivity index (χ0n) is 15.4. The summed E-state index contributed by atoms with van der Waals surface area (Å²) in [6, 6.07) is 12.7. The molecule has 1 saturated heterocycles. The quantitative estimate of drug-likeness (QED) is 0.509. The minimum Gasteiger partial charge on any atom is -0.408 e. The van der Waals surface area contributed by atoms with Crippen molar-refractivity contribution >= 4 is 22.0 Å². The fourth-order valence-electron chi connectivity index (χ4n) is 4.39. The van der Waals surface area contributed by atoms with Crippen LogP contribution in [0, 0.1) is 0 Å². The van der Waals surface area contributed by atoms with E-state index in [-0.39, 0.29) is 0 Å². The molecule has 0 radical (unpaired) electrons. The Labute approximate surface area is 156 Å². The molecule has 0 spiro atoms. The molecule has 0 amide bonds. The number of H-pyrrole nitrogens is 2. The van der Waals surface area contributed by atoms with Gasteiger partial charge in [-0.2, -0.15) is 0 Å². The van der Waals surface area contributed by atoms with Gasteiger partial charge in [0, 0.05) is 22.2 Å². The highest BCUT2D eigenvalue weighted by Crippen LogP contribution is 2.35. The second-order valence-corrected chi connectivity index (χ2v) is 7.39. The molecule has 3 N–H and O–H groups in total. The number of aromatic nitrogens is 2. The summed E-state index contributed by atoms with van der Waals surface area (Å²) in [4.78, 5) is 17.7. The number of aromatic amines is 2. The Kier molecular flexibility index (Phi) is 3.90. The average molecular weight is 361 g/mol. The van der Waals surface area contributed by atoms with Crippen molar-refractivity contribution in [2.75, 3.05) is 13.1 Å². The molecule has 5 nitrogen and oxygen atoms in total. The van der Waals surface area contributed by atoms with Crippen LogP contribution in [0.3, 0.4) is 0 Å². The molecule has 3 heterocycles. The summed E-state index contributed by atoms with van der Waals surface area (Å²) in [5, 5.41) is 4.75. The predicted octanol–water partition coefficient (Wildman–Crippen LogP) is 4.30. The second kappa shape index (κ2) is 6.43. The fourth-order valence-corrected chi connectivity index (χ4v) is 4.39. The van der Waals surface area contributed by atoms with Gasteiger partial charge < -0.3 is 14.7 Å². The van der Waals surface area contributed by atoms with E-state index in [1.54, 1.807) is 0 Å². The van der Waals surface area contributed by atoms with Crippen molar-refractivity contribution in [2.45, 2.75) is 32.1 Å². The van der Waals surface area contributed by atoms with Crippen LogP contribution in [0.2, 0.25) is 0 Å². The van der Waals surface area contributed by atoms with E-state index in [1.807, 2.05) is 18.2 Å². The van der Waals surface area contributed by atoms with E-state index in [2.05, 4.69) is 40.4 Å². The topological polar surface area (TPSA) is 73.8 Å². The lowest BCUT2D eigenvalue weighted by atomic mass is 9.89. The number of oxazole rings is 1. The fraction of sp³-hybridized carbons (Fsp3) is 0.318. The first-order valence-electron chi connectivity index (χ1n) is 9.71. The van der Waals surface area contributed by atoms with Gasteiger partial charge >= 0.3 is 5.76 Å². The number of nitrogens with one attached hydrogen (secondary N) is 3. The normalized spacial score (nSPS) is 15.7. The van der Waals surface area contributed by atoms with E-state index in [9.17, 15) is 4.79 Å². The number of piperidine rings is 1. The molecule has 1 aliphatic heterocycles. The molecule has 2 aromatic heterocycles. The van der Waals surface area contributed by atoms with Gasteiger partial charge in [0.15, 0.2) is 5.58 Å². The molecule has 138 valence electrons. The van der Waals surface area contributed by atoms with Gasteiger partial charge in [-0.05, 0) is 73.7 Å². The van der Waals surface area contributed by atoms with Crippen molar-refractivity contribution in [1.29, 1.82) is 0 Å². The Morgan fingerprint density at radius 2 is 1.85 bits per heavy atom. The first kappa shape index (κ1) is 16.4. The Balaban J connectivity index is 1.63. The predicted molar refractivity (Wildman–Crippen MR) is 108 cm³/mol. The van der Waals surface area contributed by atoms with Crippen molar-refractivity contribution in [1.82, 2.24) is 15.3 Å². The van der Waals surface area contributed by atoms with E-state index < -0.39 is 5.76 Å². The monoisotopic (exact) mass is 361 g/mol. The lowest BCUT2D eigenvalue weighted by Gasteiger charge is -2.23. The molecule has 0 atom stereocenters. The first-order valence-corrected chi connectivity index (χ1v) is 9.71. The number of hydrogen-bond acceptors (Lipinski definition) is 3. The van der Waals surface area contributed by atoms with Crippen LogP contribution in [-0.4, -0.2) is 23.1 Å². The van der Waals surface area contributed by atoms with Gasteiger partial charge in [-0.25, -0.2) is 4.79 Å². The highest BCUT2D eigenvalue weighted by molar-refractivity contribution is 5.92. The van der Waals surface area contributed by atoms with Gasteiger partial charge in [-0.1, -0.05) is 19.1 Å². The van der Waals surface area contributed by atoms with Crippen LogP contribution in [0.4, 0.5) is 0 Å². The van der Waals surface area contributed by atoms with Crippen LogP contribution in [0.15, 0.2) is 45.6 Å². The van der Waals surface area contributed by atoms with Gasteiger partial charge in [0.05, 0.1) is 5.52 Å². The van der Waals surface area contributed by atoms with Gasteiger partial charge in [-0.3, -0.25) is 4.98 Å². The third-order valence-electron chi connectivity index (χ3n) is 5.80. The van der Waals surface area contributed by atoms with Crippen molar-refractivity contribution in [3.8, 4) is 11.3 Å². The maximum atomic E-state index is 11.5. The molecule has 2 aromatic carbocycles. The zero-order chi connectivity index (χ0) is 18.4. The summed E-state index contributed by atoms with van der Waals surface area (Å²) in [6.07, 6.45) is 3.35. The summed E-state index contributed by atoms with van der Waals surface area (Å²) >= 11 is 0. The number of rotatable bonds is 3. The van der Waals surface area contributed by atoms with Crippen LogP contribution in [0.25, 0.3) is 33.3 Å². The molecule has 1 fully saturated rings. The van der Waals surface area contributed by atoms with E-state index in [0.29, 0.717) is 11.5 Å². The van der Waals surface area contributed by atoms with E-state index in [1.165, 1.54) is 29.4 Å². The third kappa shape index (κ3) is 2.79. The van der Waals surface area contributed by atoms with Gasteiger partial charge in [0.2, 0.25) is 0 Å². The van der Waals surface area contributed by atoms with Crippen LogP contribution < -0.4 is 11.1 Å². The van der Waals surface area contributed by atoms with Gasteiger partial charge in [0.25, 0.3) is 0 Å². The molecular weight excluding hydrogens is 338 g/mol. The van der Waals surface area contributed by atoms with Crippen molar-refractivity contribution in [3.63, 3.8) is 0 Å². The number of fused-ring (bicyclic) bond motifs is 2. The molecule has 0 aliphatic carbocycles. The van der Waals surface area contributed by atoms with Crippen molar-refractivity contribution < 1.29 is 4.42 Å². The van der Waals surface area contributed by atoms with E-state index >= 15 is 0 Å². The smallest absolute Gasteiger partial charge is 0.408 e. The minimum atomic E-state index is -0.416. The summed E-state index contributed by atoms with van der Waals surface area (Å²) in [5.41, 5.74) is 7.40. The molecule has 5 rings (SSSR count). The van der Waals surface area contributed by atoms with Crippen LogP contribution in [0.5, 0.6) is 0 Å². The number of benzene rings is 2. The van der Waals surface area contributed by atoms with Crippen molar-refractivity contribution in [2.24, 2.45) is 0 Å². The van der Waals surface area contributed by atoms with E-state index in [4.69, 9.17) is 4.42 Å². The molecule has 0 unspecified atom stereocenters. The third-order valence-corrected chi connectivity index (χ3v) is 5.80. The second-order valence-electron chi connectivity index (χ2n) is 7.39. The largest absolute Gasteiger partial charge is 0.417 e. The maximum absolute atomic E-state index is 11.5. The summed E-state index contributed by atoms with van der Waals surface area (Å²) < 4.78 is 5.25. The number of hydrogen-bond donors (Lipinski definition) is 3. The summed E-state index contributed by atoms with van der Waals surface area (Å²) in [5.74, 6) is 0.227. The molecule has 0 bridgehead atoms. The van der Waals surface area contributed by atoms with Crippen LogP contribution >= 0.6 is 0 Å². The maximum Gasteiger partial charge on any atom is 0.417 e. The molecular formula is C22H23N3O2. The van der Waals surface area contributed by atoms with Crippen LogP contribution in [0.1, 0.15) is 36.8 Å². The Hall–Kier alpha value is -2.79. The van der Waals surface area contributed by atoms with Gasteiger partial charge in [0.1, 0.15) is 0 Å². The Bertz CT molecular complexity index is 1180. The summed E-state index contributed by atoms with van der Waals surface area (Å²) in [6.45, 7) is 4.39. The lowest BCUT2D eigenvalue weighted by molar-refractivity contribution is 0.460. The number of aryl methyl sites for hydroxylation is 1. The molecule has 27 heavy (non-hydrogen) atoms. The lowest BCUT2D eigenvalue weighted by Crippen LogP contribution is -2.26. The highest BCUT2D eigenvalue weighted by Gasteiger charge is 2.18. The molecule has 5 heteroatoms. The zero-order valence-corrected chi connectivity index (χ0v) is 15.4. The average Bonchev–Trinajstić information content (AvgIpc) is 3.26. The van der Waals surface area contributed by atoms with Gasteiger partial charge in [-0.15, -0.1) is 0 Å². The summed E-state index contributed by atoms with van der Waals surface area (Å²) in [7, 11) is 0.